The minimum atomic E-state index is -0.668. The summed E-state index contributed by atoms with van der Waals surface area (Å²) in [4.78, 5) is 36.8. The summed E-state index contributed by atoms with van der Waals surface area (Å²) in [5.41, 5.74) is 1.000. The topological polar surface area (TPSA) is 84.5 Å². The zero-order chi connectivity index (χ0) is 21.2. The van der Waals surface area contributed by atoms with Crippen LogP contribution >= 0.6 is 0 Å². The molecule has 1 atom stereocenters. The van der Waals surface area contributed by atoms with Crippen LogP contribution in [0.15, 0.2) is 54.6 Å². The van der Waals surface area contributed by atoms with Crippen LogP contribution in [0, 0.1) is 5.92 Å². The van der Waals surface area contributed by atoms with Crippen LogP contribution in [-0.2, 0) is 9.53 Å². The van der Waals surface area contributed by atoms with Gasteiger partial charge in [0.25, 0.3) is 11.8 Å². The van der Waals surface area contributed by atoms with Gasteiger partial charge in [-0.25, -0.2) is 4.79 Å². The standard InChI is InChI=1S/C23H28N2O4/c1-16(2)13-14-17(3)24-21(26)15-29-23(28)19-11-7-8-12-20(19)25-22(27)18-9-5-4-6-10-18/h4-12,16-17H,13-15H2,1-3H3,(H,24,26)(H,25,27)/t17-/m1/s1. The predicted octanol–water partition coefficient (Wildman–Crippen LogP) is 4.04. The summed E-state index contributed by atoms with van der Waals surface area (Å²) < 4.78 is 5.14. The fourth-order valence-electron chi connectivity index (χ4n) is 2.73. The molecule has 0 bridgehead atoms. The highest BCUT2D eigenvalue weighted by molar-refractivity contribution is 6.08. The maximum absolute atomic E-state index is 12.4. The summed E-state index contributed by atoms with van der Waals surface area (Å²) in [6, 6.07) is 15.3. The Morgan fingerprint density at radius 1 is 0.897 bits per heavy atom. The van der Waals surface area contributed by atoms with E-state index in [1.807, 2.05) is 13.0 Å². The van der Waals surface area contributed by atoms with Gasteiger partial charge in [0, 0.05) is 11.6 Å². The molecule has 0 aliphatic carbocycles. The van der Waals surface area contributed by atoms with E-state index in [9.17, 15) is 14.4 Å². The van der Waals surface area contributed by atoms with Crippen molar-refractivity contribution in [2.24, 2.45) is 5.92 Å². The Kier molecular flexibility index (Phi) is 8.40. The van der Waals surface area contributed by atoms with Gasteiger partial charge in [0.2, 0.25) is 0 Å². The lowest BCUT2D eigenvalue weighted by atomic mass is 10.0. The summed E-state index contributed by atoms with van der Waals surface area (Å²) >= 11 is 0. The lowest BCUT2D eigenvalue weighted by Gasteiger charge is -2.15. The molecule has 0 aliphatic heterocycles. The highest BCUT2D eigenvalue weighted by atomic mass is 16.5. The fraction of sp³-hybridized carbons (Fsp3) is 0.348. The molecule has 2 N–H and O–H groups in total. The largest absolute Gasteiger partial charge is 0.452 e. The number of rotatable bonds is 9. The van der Waals surface area contributed by atoms with Crippen molar-refractivity contribution < 1.29 is 19.1 Å². The molecule has 2 aromatic rings. The minimum Gasteiger partial charge on any atom is -0.452 e. The van der Waals surface area contributed by atoms with Gasteiger partial charge in [-0.1, -0.05) is 44.2 Å². The van der Waals surface area contributed by atoms with Crippen LogP contribution in [0.4, 0.5) is 5.69 Å². The Morgan fingerprint density at radius 2 is 1.55 bits per heavy atom. The van der Waals surface area contributed by atoms with Crippen LogP contribution in [-0.4, -0.2) is 30.4 Å². The SMILES string of the molecule is CC(C)CC[C@@H](C)NC(=O)COC(=O)c1ccccc1NC(=O)c1ccccc1. The van der Waals surface area contributed by atoms with Crippen LogP contribution in [0.25, 0.3) is 0 Å². The molecule has 6 nitrogen and oxygen atoms in total. The number of hydrogen-bond acceptors (Lipinski definition) is 4. The molecular weight excluding hydrogens is 368 g/mol. The zero-order valence-electron chi connectivity index (χ0n) is 17.1. The van der Waals surface area contributed by atoms with Crippen molar-refractivity contribution in [1.82, 2.24) is 5.32 Å². The van der Waals surface area contributed by atoms with E-state index in [1.165, 1.54) is 0 Å². The van der Waals surface area contributed by atoms with Crippen LogP contribution in [0.1, 0.15) is 54.3 Å². The van der Waals surface area contributed by atoms with Crippen LogP contribution in [0.2, 0.25) is 0 Å². The van der Waals surface area contributed by atoms with Crippen molar-refractivity contribution in [1.29, 1.82) is 0 Å². The van der Waals surface area contributed by atoms with E-state index in [0.29, 0.717) is 17.2 Å². The van der Waals surface area contributed by atoms with Gasteiger partial charge in [0.05, 0.1) is 11.3 Å². The van der Waals surface area contributed by atoms with Gasteiger partial charge >= 0.3 is 5.97 Å². The normalized spacial score (nSPS) is 11.6. The molecule has 0 spiro atoms. The second-order valence-electron chi connectivity index (χ2n) is 7.38. The molecule has 0 saturated carbocycles. The maximum atomic E-state index is 12.4. The van der Waals surface area contributed by atoms with Crippen molar-refractivity contribution in [2.45, 2.75) is 39.7 Å². The van der Waals surface area contributed by atoms with Crippen molar-refractivity contribution in [2.75, 3.05) is 11.9 Å². The van der Waals surface area contributed by atoms with E-state index in [0.717, 1.165) is 12.8 Å². The van der Waals surface area contributed by atoms with Crippen LogP contribution < -0.4 is 10.6 Å². The number of para-hydroxylation sites is 1. The molecule has 0 saturated heterocycles. The third-order valence-electron chi connectivity index (χ3n) is 4.35. The number of carbonyl (C=O) groups excluding carboxylic acids is 3. The first-order chi connectivity index (χ1) is 13.9. The molecule has 2 aromatic carbocycles. The van der Waals surface area contributed by atoms with Gasteiger partial charge in [-0.3, -0.25) is 9.59 Å². The highest BCUT2D eigenvalue weighted by Gasteiger charge is 2.17. The Labute approximate surface area is 171 Å². The van der Waals surface area contributed by atoms with Gasteiger partial charge in [0.15, 0.2) is 6.61 Å². The lowest BCUT2D eigenvalue weighted by molar-refractivity contribution is -0.124. The van der Waals surface area contributed by atoms with E-state index in [2.05, 4.69) is 24.5 Å². The maximum Gasteiger partial charge on any atom is 0.340 e. The molecule has 2 rings (SSSR count). The quantitative estimate of drug-likeness (QED) is 0.627. The number of ether oxygens (including phenoxy) is 1. The highest BCUT2D eigenvalue weighted by Crippen LogP contribution is 2.17. The Bertz CT molecular complexity index is 834. The van der Waals surface area contributed by atoms with E-state index >= 15 is 0 Å². The van der Waals surface area contributed by atoms with Gasteiger partial charge in [-0.15, -0.1) is 0 Å². The first-order valence-corrected chi connectivity index (χ1v) is 9.78. The molecule has 0 aromatic heterocycles. The summed E-state index contributed by atoms with van der Waals surface area (Å²) in [5, 5.41) is 5.54. The van der Waals surface area contributed by atoms with E-state index < -0.39 is 5.97 Å². The summed E-state index contributed by atoms with van der Waals surface area (Å²) in [5.74, 6) is -0.781. The van der Waals surface area contributed by atoms with E-state index in [-0.39, 0.29) is 30.0 Å². The Morgan fingerprint density at radius 3 is 2.24 bits per heavy atom. The number of carbonyl (C=O) groups is 3. The number of nitrogens with one attached hydrogen (secondary N) is 2. The summed E-state index contributed by atoms with van der Waals surface area (Å²) in [7, 11) is 0. The third-order valence-corrected chi connectivity index (χ3v) is 4.35. The zero-order valence-corrected chi connectivity index (χ0v) is 17.1. The van der Waals surface area contributed by atoms with Gasteiger partial charge in [0.1, 0.15) is 0 Å². The van der Waals surface area contributed by atoms with Crippen LogP contribution in [0.3, 0.4) is 0 Å². The molecular formula is C23H28N2O4. The molecule has 0 fully saturated rings. The van der Waals surface area contributed by atoms with Gasteiger partial charge < -0.3 is 15.4 Å². The smallest absolute Gasteiger partial charge is 0.340 e. The predicted molar refractivity (Wildman–Crippen MR) is 113 cm³/mol. The number of amides is 2. The number of esters is 1. The van der Waals surface area contributed by atoms with Crippen molar-refractivity contribution in [3.8, 4) is 0 Å². The van der Waals surface area contributed by atoms with Gasteiger partial charge in [-0.05, 0) is 49.9 Å². The first-order valence-electron chi connectivity index (χ1n) is 9.78. The van der Waals surface area contributed by atoms with Crippen LogP contribution in [0.5, 0.6) is 0 Å². The van der Waals surface area contributed by atoms with E-state index in [4.69, 9.17) is 4.74 Å². The first kappa shape index (κ1) is 22.1. The van der Waals surface area contributed by atoms with Crippen molar-refractivity contribution in [3.05, 3.63) is 65.7 Å². The fourth-order valence-corrected chi connectivity index (χ4v) is 2.73. The molecule has 0 unspecified atom stereocenters. The number of hydrogen-bond donors (Lipinski definition) is 2. The molecule has 29 heavy (non-hydrogen) atoms. The molecule has 0 heterocycles. The summed E-state index contributed by atoms with van der Waals surface area (Å²) in [6.07, 6.45) is 1.88. The van der Waals surface area contributed by atoms with Gasteiger partial charge in [-0.2, -0.15) is 0 Å². The Hall–Kier alpha value is -3.15. The molecule has 154 valence electrons. The molecule has 2 amide bonds. The molecule has 6 heteroatoms. The second kappa shape index (κ2) is 11.0. The van der Waals surface area contributed by atoms with E-state index in [1.54, 1.807) is 48.5 Å². The number of benzene rings is 2. The minimum absolute atomic E-state index is 0.0149. The average molecular weight is 396 g/mol. The molecule has 0 radical (unpaired) electrons. The Balaban J connectivity index is 1.92. The number of anilines is 1. The monoisotopic (exact) mass is 396 g/mol. The van der Waals surface area contributed by atoms with Crippen molar-refractivity contribution in [3.63, 3.8) is 0 Å². The van der Waals surface area contributed by atoms with Crippen molar-refractivity contribution >= 4 is 23.5 Å². The average Bonchev–Trinajstić information content (AvgIpc) is 2.71. The third kappa shape index (κ3) is 7.41. The lowest BCUT2D eigenvalue weighted by Crippen LogP contribution is -2.36. The summed E-state index contributed by atoms with van der Waals surface area (Å²) in [6.45, 7) is 5.82. The second-order valence-corrected chi connectivity index (χ2v) is 7.38. The molecule has 0 aliphatic rings.